The molecule has 0 spiro atoms. The molecule has 0 unspecified atom stereocenters. The van der Waals surface area contributed by atoms with E-state index in [4.69, 9.17) is 20.4 Å². The Balaban J connectivity index is 0.000000361. The van der Waals surface area contributed by atoms with Crippen molar-refractivity contribution in [2.75, 3.05) is 6.61 Å². The third-order valence-corrected chi connectivity index (χ3v) is 3.90. The molecule has 0 bridgehead atoms. The van der Waals surface area contributed by atoms with E-state index in [1.54, 1.807) is 0 Å². The molecule has 1 aliphatic carbocycles. The zero-order chi connectivity index (χ0) is 15.8. The van der Waals surface area contributed by atoms with Crippen LogP contribution >= 0.6 is 0 Å². The van der Waals surface area contributed by atoms with E-state index >= 15 is 0 Å². The number of hydrogen-bond donors (Lipinski definition) is 4. The number of aldehydes is 1. The van der Waals surface area contributed by atoms with Crippen molar-refractivity contribution in [1.82, 2.24) is 0 Å². The van der Waals surface area contributed by atoms with Crippen molar-refractivity contribution in [3.63, 3.8) is 0 Å². The Morgan fingerprint density at radius 1 is 1.10 bits per heavy atom. The SMILES string of the molecule is CC(C)(C)C1CCCCC1.O=C[C@H](O)[C@@H](O)[C@H](O)CO. The fourth-order valence-electron chi connectivity index (χ4n) is 2.38. The fraction of sp³-hybridized carbons (Fsp3) is 0.933. The molecule has 0 amide bonds. The lowest BCUT2D eigenvalue weighted by molar-refractivity contribution is -0.127. The topological polar surface area (TPSA) is 98.0 Å². The Morgan fingerprint density at radius 2 is 1.60 bits per heavy atom. The van der Waals surface area contributed by atoms with Gasteiger partial charge in [-0.1, -0.05) is 40.0 Å². The minimum atomic E-state index is -1.64. The fourth-order valence-corrected chi connectivity index (χ4v) is 2.38. The number of rotatable bonds is 4. The summed E-state index contributed by atoms with van der Waals surface area (Å²) in [5.74, 6) is 1.00. The molecule has 3 atom stereocenters. The maximum Gasteiger partial charge on any atom is 0.151 e. The molecule has 0 aromatic rings. The molecule has 1 aliphatic rings. The van der Waals surface area contributed by atoms with Crippen LogP contribution in [-0.2, 0) is 4.79 Å². The first kappa shape index (κ1) is 19.5. The number of carbonyl (C=O) groups is 1. The molecule has 0 aliphatic heterocycles. The lowest BCUT2D eigenvalue weighted by atomic mass is 9.72. The highest BCUT2D eigenvalue weighted by atomic mass is 16.4. The molecule has 0 saturated heterocycles. The number of carbonyl (C=O) groups excluding carboxylic acids is 1. The lowest BCUT2D eigenvalue weighted by Crippen LogP contribution is -2.40. The number of aliphatic hydroxyl groups excluding tert-OH is 4. The standard InChI is InChI=1S/C10H20.C5H10O5/c1-10(2,3)9-7-5-4-6-8-9;6-1-3(8)5(10)4(9)2-7/h9H,4-8H2,1-3H3;1,3-5,7-10H,2H2/t;3-,4+,5+/m.0/s1. The van der Waals surface area contributed by atoms with Crippen LogP contribution in [0.25, 0.3) is 0 Å². The highest BCUT2D eigenvalue weighted by molar-refractivity contribution is 5.56. The molecule has 120 valence electrons. The Morgan fingerprint density at radius 3 is 1.90 bits per heavy atom. The van der Waals surface area contributed by atoms with E-state index in [9.17, 15) is 4.79 Å². The lowest BCUT2D eigenvalue weighted by Gasteiger charge is -2.33. The third kappa shape index (κ3) is 7.33. The van der Waals surface area contributed by atoms with E-state index in [0.29, 0.717) is 5.41 Å². The van der Waals surface area contributed by atoms with Gasteiger partial charge < -0.3 is 25.2 Å². The number of hydrogen-bond acceptors (Lipinski definition) is 5. The summed E-state index contributed by atoms with van der Waals surface area (Å²) in [5, 5.41) is 34.1. The van der Waals surface area contributed by atoms with E-state index in [-0.39, 0.29) is 6.29 Å². The zero-order valence-electron chi connectivity index (χ0n) is 12.8. The minimum Gasteiger partial charge on any atom is -0.394 e. The molecule has 5 heteroatoms. The monoisotopic (exact) mass is 290 g/mol. The van der Waals surface area contributed by atoms with E-state index in [2.05, 4.69) is 20.8 Å². The molecule has 0 radical (unpaired) electrons. The largest absolute Gasteiger partial charge is 0.394 e. The van der Waals surface area contributed by atoms with Crippen LogP contribution in [0.1, 0.15) is 52.9 Å². The molecule has 20 heavy (non-hydrogen) atoms. The normalized spacial score (nSPS) is 21.4. The Bertz CT molecular complexity index is 255. The molecule has 0 aromatic carbocycles. The summed E-state index contributed by atoms with van der Waals surface area (Å²) >= 11 is 0. The van der Waals surface area contributed by atoms with Crippen molar-refractivity contribution in [3.8, 4) is 0 Å². The highest BCUT2D eigenvalue weighted by Gasteiger charge is 2.25. The highest BCUT2D eigenvalue weighted by Crippen LogP contribution is 2.37. The van der Waals surface area contributed by atoms with Crippen LogP contribution in [0, 0.1) is 11.3 Å². The van der Waals surface area contributed by atoms with Gasteiger partial charge in [-0.25, -0.2) is 0 Å². The van der Waals surface area contributed by atoms with Gasteiger partial charge in [0.2, 0.25) is 0 Å². The van der Waals surface area contributed by atoms with Gasteiger partial charge in [-0.15, -0.1) is 0 Å². The molecule has 5 nitrogen and oxygen atoms in total. The van der Waals surface area contributed by atoms with Crippen LogP contribution in [0.15, 0.2) is 0 Å². The van der Waals surface area contributed by atoms with E-state index in [1.165, 1.54) is 32.1 Å². The Hall–Kier alpha value is -0.490. The van der Waals surface area contributed by atoms with Gasteiger partial charge >= 0.3 is 0 Å². The summed E-state index contributed by atoms with van der Waals surface area (Å²) in [7, 11) is 0. The van der Waals surface area contributed by atoms with Crippen molar-refractivity contribution in [3.05, 3.63) is 0 Å². The predicted molar refractivity (Wildman–Crippen MR) is 77.2 cm³/mol. The van der Waals surface area contributed by atoms with Crippen molar-refractivity contribution < 1.29 is 25.2 Å². The molecule has 4 N–H and O–H groups in total. The first-order valence-electron chi connectivity index (χ1n) is 7.34. The van der Waals surface area contributed by atoms with E-state index in [0.717, 1.165) is 5.92 Å². The summed E-state index contributed by atoms with van der Waals surface area (Å²) in [4.78, 5) is 9.76. The third-order valence-electron chi connectivity index (χ3n) is 3.90. The van der Waals surface area contributed by atoms with Crippen molar-refractivity contribution >= 4 is 6.29 Å². The summed E-state index contributed by atoms with van der Waals surface area (Å²) < 4.78 is 0. The van der Waals surface area contributed by atoms with Gasteiger partial charge in [0.1, 0.15) is 18.3 Å². The molecule has 0 aromatic heterocycles. The molecular weight excluding hydrogens is 260 g/mol. The van der Waals surface area contributed by atoms with Crippen LogP contribution in [0.5, 0.6) is 0 Å². The summed E-state index contributed by atoms with van der Waals surface area (Å²) in [5.41, 5.74) is 0.570. The van der Waals surface area contributed by atoms with Crippen LogP contribution in [0.4, 0.5) is 0 Å². The van der Waals surface area contributed by atoms with Gasteiger partial charge in [-0.05, 0) is 24.2 Å². The van der Waals surface area contributed by atoms with Gasteiger partial charge in [-0.3, -0.25) is 0 Å². The Labute approximate surface area is 121 Å². The zero-order valence-corrected chi connectivity index (χ0v) is 12.8. The van der Waals surface area contributed by atoms with Crippen LogP contribution in [0.2, 0.25) is 0 Å². The first-order valence-corrected chi connectivity index (χ1v) is 7.34. The molecule has 1 fully saturated rings. The van der Waals surface area contributed by atoms with Crippen molar-refractivity contribution in [2.45, 2.75) is 71.2 Å². The van der Waals surface area contributed by atoms with Gasteiger partial charge in [0, 0.05) is 0 Å². The van der Waals surface area contributed by atoms with E-state index in [1.807, 2.05) is 0 Å². The molecule has 1 saturated carbocycles. The summed E-state index contributed by atoms with van der Waals surface area (Å²) in [6.45, 7) is 6.45. The maximum atomic E-state index is 9.76. The summed E-state index contributed by atoms with van der Waals surface area (Å²) in [6.07, 6.45) is 2.75. The molecular formula is C15H30O5. The number of aliphatic hydroxyl groups is 4. The summed E-state index contributed by atoms with van der Waals surface area (Å²) in [6, 6.07) is 0. The average Bonchev–Trinajstić information content (AvgIpc) is 2.45. The van der Waals surface area contributed by atoms with E-state index < -0.39 is 24.9 Å². The van der Waals surface area contributed by atoms with Gasteiger partial charge in [0.15, 0.2) is 6.29 Å². The smallest absolute Gasteiger partial charge is 0.151 e. The minimum absolute atomic E-state index is 0.0869. The second-order valence-corrected chi connectivity index (χ2v) is 6.57. The van der Waals surface area contributed by atoms with Gasteiger partial charge in [-0.2, -0.15) is 0 Å². The first-order chi connectivity index (χ1) is 9.23. The second-order valence-electron chi connectivity index (χ2n) is 6.57. The average molecular weight is 290 g/mol. The van der Waals surface area contributed by atoms with Gasteiger partial charge in [0.25, 0.3) is 0 Å². The van der Waals surface area contributed by atoms with Crippen LogP contribution in [0.3, 0.4) is 0 Å². The Kier molecular flexibility index (Phi) is 9.22. The van der Waals surface area contributed by atoms with Crippen molar-refractivity contribution in [2.24, 2.45) is 11.3 Å². The van der Waals surface area contributed by atoms with Crippen LogP contribution < -0.4 is 0 Å². The second kappa shape index (κ2) is 9.45. The predicted octanol–water partition coefficient (Wildman–Crippen LogP) is 0.873. The van der Waals surface area contributed by atoms with Gasteiger partial charge in [0.05, 0.1) is 6.61 Å². The van der Waals surface area contributed by atoms with Crippen molar-refractivity contribution in [1.29, 1.82) is 0 Å². The van der Waals surface area contributed by atoms with Crippen LogP contribution in [-0.4, -0.2) is 51.6 Å². The molecule has 1 rings (SSSR count). The maximum absolute atomic E-state index is 9.76. The quantitative estimate of drug-likeness (QED) is 0.576. The molecule has 0 heterocycles.